The van der Waals surface area contributed by atoms with Crippen LogP contribution < -0.4 is 5.56 Å². The third-order valence-electron chi connectivity index (χ3n) is 5.33. The second-order valence-electron chi connectivity index (χ2n) is 7.24. The Kier molecular flexibility index (Phi) is 5.21. The van der Waals surface area contributed by atoms with Gasteiger partial charge in [0.15, 0.2) is 0 Å². The summed E-state index contributed by atoms with van der Waals surface area (Å²) < 4.78 is 1.32. The minimum absolute atomic E-state index is 0.0654. The van der Waals surface area contributed by atoms with Crippen LogP contribution in [0.25, 0.3) is 10.8 Å². The number of amides is 1. The number of carbonyl (C=O) groups excluding carboxylic acids is 1. The summed E-state index contributed by atoms with van der Waals surface area (Å²) in [6, 6.07) is 17.8. The van der Waals surface area contributed by atoms with Crippen LogP contribution in [0.15, 0.2) is 59.4 Å². The van der Waals surface area contributed by atoms with Gasteiger partial charge in [0.1, 0.15) is 0 Å². The zero-order valence-electron chi connectivity index (χ0n) is 16.0. The molecule has 0 aliphatic carbocycles. The van der Waals surface area contributed by atoms with E-state index in [0.717, 1.165) is 38.1 Å². The number of fused-ring (bicyclic) bond motifs is 1. The van der Waals surface area contributed by atoms with Crippen molar-refractivity contribution in [3.05, 3.63) is 76.2 Å². The van der Waals surface area contributed by atoms with Crippen LogP contribution in [0.1, 0.15) is 11.3 Å². The SMILES string of the molecule is Cn1nc(CC(=O)N2CCN(Cc3ccccc3)CC2)c2ccccc2c1=O. The fourth-order valence-corrected chi connectivity index (χ4v) is 3.76. The molecule has 3 aromatic rings. The lowest BCUT2D eigenvalue weighted by Gasteiger charge is -2.34. The number of piperazine rings is 1. The van der Waals surface area contributed by atoms with Crippen molar-refractivity contribution in [1.29, 1.82) is 0 Å². The fraction of sp³-hybridized carbons (Fsp3) is 0.318. The first-order valence-electron chi connectivity index (χ1n) is 9.61. The molecule has 0 spiro atoms. The molecule has 6 heteroatoms. The number of benzene rings is 2. The molecule has 0 bridgehead atoms. The fourth-order valence-electron chi connectivity index (χ4n) is 3.76. The van der Waals surface area contributed by atoms with Gasteiger partial charge in [0.05, 0.1) is 17.5 Å². The average molecular weight is 376 g/mol. The van der Waals surface area contributed by atoms with Gasteiger partial charge in [0.2, 0.25) is 5.91 Å². The van der Waals surface area contributed by atoms with Crippen molar-refractivity contribution in [3.8, 4) is 0 Å². The largest absolute Gasteiger partial charge is 0.340 e. The van der Waals surface area contributed by atoms with Crippen molar-refractivity contribution in [3.63, 3.8) is 0 Å². The molecule has 1 amide bonds. The Hall–Kier alpha value is -2.99. The van der Waals surface area contributed by atoms with E-state index in [4.69, 9.17) is 0 Å². The van der Waals surface area contributed by atoms with Gasteiger partial charge < -0.3 is 4.90 Å². The minimum atomic E-state index is -0.138. The Labute approximate surface area is 164 Å². The van der Waals surface area contributed by atoms with E-state index in [2.05, 4.69) is 34.3 Å². The molecule has 0 N–H and O–H groups in total. The van der Waals surface area contributed by atoms with Crippen LogP contribution in [0, 0.1) is 0 Å². The first kappa shape index (κ1) is 18.4. The number of aryl methyl sites for hydroxylation is 1. The zero-order chi connectivity index (χ0) is 19.5. The molecule has 1 fully saturated rings. The summed E-state index contributed by atoms with van der Waals surface area (Å²) in [5.41, 5.74) is 1.82. The van der Waals surface area contributed by atoms with Gasteiger partial charge in [-0.3, -0.25) is 14.5 Å². The quantitative estimate of drug-likeness (QED) is 0.697. The maximum absolute atomic E-state index is 12.9. The van der Waals surface area contributed by atoms with Gasteiger partial charge in [0, 0.05) is 45.2 Å². The highest BCUT2D eigenvalue weighted by molar-refractivity contribution is 5.88. The molecule has 144 valence electrons. The van der Waals surface area contributed by atoms with Crippen LogP contribution in [0.5, 0.6) is 0 Å². The lowest BCUT2D eigenvalue weighted by molar-refractivity contribution is -0.132. The number of carbonyl (C=O) groups is 1. The summed E-state index contributed by atoms with van der Waals surface area (Å²) in [4.78, 5) is 29.4. The molecular weight excluding hydrogens is 352 g/mol. The van der Waals surface area contributed by atoms with E-state index in [1.165, 1.54) is 10.2 Å². The standard InChI is InChI=1S/C22H24N4O2/c1-24-22(28)19-10-6-5-9-18(19)20(23-24)15-21(27)26-13-11-25(12-14-26)16-17-7-3-2-4-8-17/h2-10H,11-16H2,1H3. The first-order valence-corrected chi connectivity index (χ1v) is 9.61. The number of hydrogen-bond acceptors (Lipinski definition) is 4. The number of nitrogens with zero attached hydrogens (tertiary/aromatic N) is 4. The summed E-state index contributed by atoms with van der Waals surface area (Å²) in [6.07, 6.45) is 0.216. The van der Waals surface area contributed by atoms with E-state index in [9.17, 15) is 9.59 Å². The molecule has 0 radical (unpaired) electrons. The van der Waals surface area contributed by atoms with E-state index >= 15 is 0 Å². The highest BCUT2D eigenvalue weighted by atomic mass is 16.2. The third kappa shape index (κ3) is 3.82. The van der Waals surface area contributed by atoms with Gasteiger partial charge >= 0.3 is 0 Å². The molecule has 28 heavy (non-hydrogen) atoms. The van der Waals surface area contributed by atoms with Crippen molar-refractivity contribution < 1.29 is 4.79 Å². The average Bonchev–Trinajstić information content (AvgIpc) is 2.73. The lowest BCUT2D eigenvalue weighted by atomic mass is 10.1. The third-order valence-corrected chi connectivity index (χ3v) is 5.33. The Morgan fingerprint density at radius 2 is 1.57 bits per heavy atom. The van der Waals surface area contributed by atoms with Crippen LogP contribution in [-0.2, 0) is 24.8 Å². The Balaban J connectivity index is 1.42. The predicted molar refractivity (Wildman–Crippen MR) is 109 cm³/mol. The second kappa shape index (κ2) is 7.94. The molecule has 0 unspecified atom stereocenters. The molecular formula is C22H24N4O2. The molecule has 2 heterocycles. The molecule has 0 atom stereocenters. The topological polar surface area (TPSA) is 58.4 Å². The maximum Gasteiger partial charge on any atom is 0.274 e. The Morgan fingerprint density at radius 1 is 0.929 bits per heavy atom. The summed E-state index contributed by atoms with van der Waals surface area (Å²) in [7, 11) is 1.63. The van der Waals surface area contributed by atoms with Crippen molar-refractivity contribution in [2.24, 2.45) is 7.05 Å². The molecule has 4 rings (SSSR count). The summed E-state index contributed by atoms with van der Waals surface area (Å²) >= 11 is 0. The summed E-state index contributed by atoms with van der Waals surface area (Å²) in [5.74, 6) is 0.0654. The molecule has 0 saturated carbocycles. The van der Waals surface area contributed by atoms with Gasteiger partial charge in [0.25, 0.3) is 5.56 Å². The highest BCUT2D eigenvalue weighted by Gasteiger charge is 2.22. The van der Waals surface area contributed by atoms with Gasteiger partial charge in [-0.2, -0.15) is 5.10 Å². The second-order valence-corrected chi connectivity index (χ2v) is 7.24. The monoisotopic (exact) mass is 376 g/mol. The smallest absolute Gasteiger partial charge is 0.274 e. The van der Waals surface area contributed by atoms with Crippen LogP contribution in [0.3, 0.4) is 0 Å². The van der Waals surface area contributed by atoms with Crippen LogP contribution in [0.2, 0.25) is 0 Å². The molecule has 6 nitrogen and oxygen atoms in total. The molecule has 2 aromatic carbocycles. The Morgan fingerprint density at radius 3 is 2.29 bits per heavy atom. The van der Waals surface area contributed by atoms with Gasteiger partial charge in [-0.05, 0) is 11.6 Å². The van der Waals surface area contributed by atoms with Crippen LogP contribution in [-0.4, -0.2) is 51.7 Å². The first-order chi connectivity index (χ1) is 13.6. The van der Waals surface area contributed by atoms with E-state index in [0.29, 0.717) is 11.1 Å². The number of aromatic nitrogens is 2. The number of rotatable bonds is 4. The minimum Gasteiger partial charge on any atom is -0.340 e. The molecule has 1 aliphatic heterocycles. The van der Waals surface area contributed by atoms with E-state index in [1.807, 2.05) is 29.2 Å². The molecule has 1 aromatic heterocycles. The predicted octanol–water partition coefficient (Wildman–Crippen LogP) is 1.82. The highest BCUT2D eigenvalue weighted by Crippen LogP contribution is 2.15. The summed E-state index contributed by atoms with van der Waals surface area (Å²) in [5, 5.41) is 5.73. The molecule has 1 saturated heterocycles. The summed E-state index contributed by atoms with van der Waals surface area (Å²) in [6.45, 7) is 4.07. The maximum atomic E-state index is 12.9. The van der Waals surface area contributed by atoms with Crippen LogP contribution >= 0.6 is 0 Å². The van der Waals surface area contributed by atoms with Crippen LogP contribution in [0.4, 0.5) is 0 Å². The lowest BCUT2D eigenvalue weighted by Crippen LogP contribution is -2.48. The van der Waals surface area contributed by atoms with Gasteiger partial charge in [-0.1, -0.05) is 48.5 Å². The van der Waals surface area contributed by atoms with Crippen molar-refractivity contribution in [2.45, 2.75) is 13.0 Å². The van der Waals surface area contributed by atoms with Gasteiger partial charge in [-0.25, -0.2) is 4.68 Å². The van der Waals surface area contributed by atoms with Crippen molar-refractivity contribution >= 4 is 16.7 Å². The Bertz CT molecular complexity index is 1040. The van der Waals surface area contributed by atoms with E-state index in [-0.39, 0.29) is 17.9 Å². The number of hydrogen-bond donors (Lipinski definition) is 0. The normalized spacial score (nSPS) is 15.1. The van der Waals surface area contributed by atoms with Gasteiger partial charge in [-0.15, -0.1) is 0 Å². The zero-order valence-corrected chi connectivity index (χ0v) is 16.0. The van der Waals surface area contributed by atoms with Crippen molar-refractivity contribution in [1.82, 2.24) is 19.6 Å². The molecule has 1 aliphatic rings. The van der Waals surface area contributed by atoms with E-state index < -0.39 is 0 Å². The van der Waals surface area contributed by atoms with E-state index in [1.54, 1.807) is 13.1 Å². The van der Waals surface area contributed by atoms with Crippen molar-refractivity contribution in [2.75, 3.05) is 26.2 Å².